The molecule has 0 aromatic rings. The van der Waals surface area contributed by atoms with Crippen LogP contribution in [-0.4, -0.2) is 24.2 Å². The highest BCUT2D eigenvalue weighted by atomic mass is 16.5. The molecule has 0 aromatic heterocycles. The smallest absolute Gasteiger partial charge is 0.330 e. The number of esters is 1. The van der Waals surface area contributed by atoms with Gasteiger partial charge in [0, 0.05) is 18.4 Å². The number of aliphatic carboxylic acids is 1. The number of carboxylic acids is 1. The third-order valence-corrected chi connectivity index (χ3v) is 5.36. The normalized spacial score (nSPS) is 27.9. The molecule has 4 unspecified atom stereocenters. The minimum Gasteiger partial charge on any atom is -0.481 e. The van der Waals surface area contributed by atoms with E-state index in [4.69, 9.17) is 5.11 Å². The molecule has 0 radical (unpaired) electrons. The Morgan fingerprint density at radius 3 is 2.70 bits per heavy atom. The van der Waals surface area contributed by atoms with Crippen LogP contribution in [0.2, 0.25) is 0 Å². The fraction of sp³-hybridized carbons (Fsp3) is 0.478. The second kappa shape index (κ2) is 11.4. The molecule has 0 aromatic carbocycles. The SMILES string of the molecule is COC(=O)C=CC=CC1C(C=CC=CCCCC(=O)O)C=CC2CCCC21. The first-order chi connectivity index (χ1) is 13.1. The molecular weight excluding hydrogens is 340 g/mol. The van der Waals surface area contributed by atoms with Gasteiger partial charge < -0.3 is 9.84 Å². The Labute approximate surface area is 162 Å². The van der Waals surface area contributed by atoms with Gasteiger partial charge in [-0.2, -0.15) is 0 Å². The summed E-state index contributed by atoms with van der Waals surface area (Å²) < 4.78 is 4.62. The molecule has 4 nitrogen and oxygen atoms in total. The van der Waals surface area contributed by atoms with E-state index in [-0.39, 0.29) is 12.4 Å². The Morgan fingerprint density at radius 2 is 1.93 bits per heavy atom. The number of carbonyl (C=O) groups is 2. The third-order valence-electron chi connectivity index (χ3n) is 5.36. The maximum Gasteiger partial charge on any atom is 0.330 e. The molecular formula is C23H30O4. The summed E-state index contributed by atoms with van der Waals surface area (Å²) in [6.45, 7) is 0. The second-order valence-electron chi connectivity index (χ2n) is 7.16. The first-order valence-corrected chi connectivity index (χ1v) is 9.78. The number of carbonyl (C=O) groups excluding carboxylic acids is 1. The summed E-state index contributed by atoms with van der Waals surface area (Å²) in [6.07, 6.45) is 25.8. The number of hydrogen-bond acceptors (Lipinski definition) is 3. The molecule has 0 bridgehead atoms. The monoisotopic (exact) mass is 370 g/mol. The first kappa shape index (κ1) is 20.9. The third kappa shape index (κ3) is 7.05. The maximum atomic E-state index is 11.2. The van der Waals surface area contributed by atoms with Gasteiger partial charge in [-0.25, -0.2) is 4.79 Å². The molecule has 1 N–H and O–H groups in total. The number of hydrogen-bond donors (Lipinski definition) is 1. The molecule has 2 aliphatic rings. The molecule has 27 heavy (non-hydrogen) atoms. The first-order valence-electron chi connectivity index (χ1n) is 9.78. The Kier molecular flexibility index (Phi) is 8.82. The predicted molar refractivity (Wildman–Crippen MR) is 107 cm³/mol. The number of unbranched alkanes of at least 4 members (excludes halogenated alkanes) is 1. The van der Waals surface area contributed by atoms with E-state index in [0.717, 1.165) is 6.42 Å². The van der Waals surface area contributed by atoms with Crippen LogP contribution in [0.3, 0.4) is 0 Å². The van der Waals surface area contributed by atoms with Gasteiger partial charge in [0.15, 0.2) is 0 Å². The largest absolute Gasteiger partial charge is 0.481 e. The molecule has 0 spiro atoms. The number of carboxylic acid groups (broad SMARTS) is 1. The van der Waals surface area contributed by atoms with Crippen molar-refractivity contribution in [1.29, 1.82) is 0 Å². The van der Waals surface area contributed by atoms with E-state index in [0.29, 0.717) is 30.1 Å². The Bertz CT molecular complexity index is 639. The Morgan fingerprint density at radius 1 is 1.11 bits per heavy atom. The van der Waals surface area contributed by atoms with Crippen molar-refractivity contribution in [1.82, 2.24) is 0 Å². The second-order valence-corrected chi connectivity index (χ2v) is 7.16. The topological polar surface area (TPSA) is 63.6 Å². The van der Waals surface area contributed by atoms with E-state index in [1.165, 1.54) is 32.4 Å². The average molecular weight is 370 g/mol. The summed E-state index contributed by atoms with van der Waals surface area (Å²) in [5.74, 6) is 1.02. The van der Waals surface area contributed by atoms with Gasteiger partial charge in [-0.3, -0.25) is 4.79 Å². The van der Waals surface area contributed by atoms with E-state index in [1.54, 1.807) is 6.08 Å². The molecule has 4 atom stereocenters. The van der Waals surface area contributed by atoms with Gasteiger partial charge in [-0.1, -0.05) is 61.1 Å². The number of methoxy groups -OCH3 is 1. The lowest BCUT2D eigenvalue weighted by molar-refractivity contribution is -0.137. The fourth-order valence-electron chi connectivity index (χ4n) is 4.02. The van der Waals surface area contributed by atoms with Crippen LogP contribution >= 0.6 is 0 Å². The van der Waals surface area contributed by atoms with Crippen molar-refractivity contribution < 1.29 is 19.4 Å². The van der Waals surface area contributed by atoms with Gasteiger partial charge >= 0.3 is 11.9 Å². The zero-order chi connectivity index (χ0) is 19.5. The van der Waals surface area contributed by atoms with Crippen molar-refractivity contribution in [2.24, 2.45) is 23.7 Å². The highest BCUT2D eigenvalue weighted by Crippen LogP contribution is 2.45. The summed E-state index contributed by atoms with van der Waals surface area (Å²) >= 11 is 0. The summed E-state index contributed by atoms with van der Waals surface area (Å²) in [7, 11) is 1.38. The van der Waals surface area contributed by atoms with Crippen LogP contribution in [-0.2, 0) is 14.3 Å². The summed E-state index contributed by atoms with van der Waals surface area (Å²) in [5.41, 5.74) is 0. The molecule has 0 heterocycles. The van der Waals surface area contributed by atoms with Crippen molar-refractivity contribution in [2.75, 3.05) is 7.11 Å². The molecule has 0 aliphatic heterocycles. The fourth-order valence-corrected chi connectivity index (χ4v) is 4.02. The summed E-state index contributed by atoms with van der Waals surface area (Å²) in [6, 6.07) is 0. The minimum atomic E-state index is -0.742. The lowest BCUT2D eigenvalue weighted by atomic mass is 9.71. The van der Waals surface area contributed by atoms with Crippen molar-refractivity contribution in [3.8, 4) is 0 Å². The number of allylic oxidation sites excluding steroid dienone is 9. The van der Waals surface area contributed by atoms with Crippen molar-refractivity contribution in [3.63, 3.8) is 0 Å². The van der Waals surface area contributed by atoms with Crippen molar-refractivity contribution in [3.05, 3.63) is 60.8 Å². The van der Waals surface area contributed by atoms with E-state index in [9.17, 15) is 9.59 Å². The predicted octanol–water partition coefficient (Wildman–Crippen LogP) is 4.86. The van der Waals surface area contributed by atoms with Crippen LogP contribution in [0.15, 0.2) is 60.8 Å². The lowest BCUT2D eigenvalue weighted by Crippen LogP contribution is -2.26. The van der Waals surface area contributed by atoms with E-state index in [1.807, 2.05) is 18.2 Å². The molecule has 4 heteroatoms. The standard InChI is InChI=1S/C23H30O4/c1-27-23(26)15-8-7-12-20-18(16-17-19-11-9-13-21(19)20)10-5-3-2-4-6-14-22(24)25/h2-3,5,7-8,10,12,15-21H,4,6,9,11,13-14H2,1H3,(H,24,25). The van der Waals surface area contributed by atoms with Crippen LogP contribution < -0.4 is 0 Å². The Hall–Kier alpha value is -2.36. The zero-order valence-electron chi connectivity index (χ0n) is 16.0. The number of ether oxygens (including phenoxy) is 1. The number of fused-ring (bicyclic) bond motifs is 1. The highest BCUT2D eigenvalue weighted by Gasteiger charge is 2.36. The van der Waals surface area contributed by atoms with Crippen LogP contribution in [0.4, 0.5) is 0 Å². The highest BCUT2D eigenvalue weighted by molar-refractivity contribution is 5.82. The molecule has 2 aliphatic carbocycles. The molecule has 1 saturated carbocycles. The van der Waals surface area contributed by atoms with Crippen LogP contribution in [0.25, 0.3) is 0 Å². The van der Waals surface area contributed by atoms with Gasteiger partial charge in [0.25, 0.3) is 0 Å². The van der Waals surface area contributed by atoms with Crippen LogP contribution in [0, 0.1) is 23.7 Å². The van der Waals surface area contributed by atoms with Crippen LogP contribution in [0.1, 0.15) is 38.5 Å². The van der Waals surface area contributed by atoms with Gasteiger partial charge in [-0.15, -0.1) is 0 Å². The molecule has 146 valence electrons. The molecule has 1 fully saturated rings. The summed E-state index contributed by atoms with van der Waals surface area (Å²) in [4.78, 5) is 21.7. The van der Waals surface area contributed by atoms with Gasteiger partial charge in [0.1, 0.15) is 0 Å². The van der Waals surface area contributed by atoms with Crippen molar-refractivity contribution >= 4 is 11.9 Å². The van der Waals surface area contributed by atoms with Gasteiger partial charge in [0.2, 0.25) is 0 Å². The van der Waals surface area contributed by atoms with Crippen molar-refractivity contribution in [2.45, 2.75) is 38.5 Å². The van der Waals surface area contributed by atoms with Gasteiger partial charge in [-0.05, 0) is 43.4 Å². The van der Waals surface area contributed by atoms with E-state index < -0.39 is 5.97 Å². The maximum absolute atomic E-state index is 11.2. The van der Waals surface area contributed by atoms with E-state index >= 15 is 0 Å². The average Bonchev–Trinajstić information content (AvgIpc) is 3.13. The van der Waals surface area contributed by atoms with E-state index in [2.05, 4.69) is 35.1 Å². The zero-order valence-corrected chi connectivity index (χ0v) is 16.0. The minimum absolute atomic E-state index is 0.217. The van der Waals surface area contributed by atoms with Gasteiger partial charge in [0.05, 0.1) is 7.11 Å². The molecule has 0 amide bonds. The molecule has 2 rings (SSSR count). The number of rotatable bonds is 9. The lowest BCUT2D eigenvalue weighted by Gasteiger charge is -2.33. The summed E-state index contributed by atoms with van der Waals surface area (Å²) in [5, 5.41) is 8.64. The Balaban J connectivity index is 1.96. The molecule has 0 saturated heterocycles. The van der Waals surface area contributed by atoms with Crippen LogP contribution in [0.5, 0.6) is 0 Å². The quantitative estimate of drug-likeness (QED) is 0.207.